The number of H-pyrrole nitrogens is 1. The minimum atomic E-state index is -0.617. The first kappa shape index (κ1) is 20.1. The number of hydrogen-bond donors (Lipinski definition) is 1. The maximum atomic E-state index is 12.7. The number of fused-ring (bicyclic) bond motifs is 3. The summed E-state index contributed by atoms with van der Waals surface area (Å²) >= 11 is 3.57. The van der Waals surface area contributed by atoms with Gasteiger partial charge in [0.05, 0.1) is 35.9 Å². The Balaban J connectivity index is 2.48. The number of aryl methyl sites for hydroxylation is 1. The third kappa shape index (κ3) is 3.32. The van der Waals surface area contributed by atoms with Gasteiger partial charge >= 0.3 is 11.9 Å². The highest BCUT2D eigenvalue weighted by Crippen LogP contribution is 2.42. The van der Waals surface area contributed by atoms with Gasteiger partial charge in [0, 0.05) is 16.5 Å². The van der Waals surface area contributed by atoms with Gasteiger partial charge in [-0.1, -0.05) is 6.92 Å². The molecule has 28 heavy (non-hydrogen) atoms. The van der Waals surface area contributed by atoms with E-state index in [1.807, 2.05) is 13.0 Å². The van der Waals surface area contributed by atoms with Crippen molar-refractivity contribution < 1.29 is 23.8 Å². The van der Waals surface area contributed by atoms with Crippen molar-refractivity contribution in [2.45, 2.75) is 27.2 Å². The third-order valence-corrected chi connectivity index (χ3v) is 5.15. The second-order valence-corrected chi connectivity index (χ2v) is 6.80. The van der Waals surface area contributed by atoms with Crippen LogP contribution in [0.2, 0.25) is 0 Å². The zero-order chi connectivity index (χ0) is 20.4. The number of esters is 2. The van der Waals surface area contributed by atoms with Crippen LogP contribution in [0.1, 0.15) is 47.3 Å². The molecule has 0 spiro atoms. The number of carbonyl (C=O) groups is 2. The SMILES string of the molecule is CCOC(=O)c1cc(C(=O)OCC)c2c(n1)c(OC)c(Br)c1cc(CC)[nH]c12. The smallest absolute Gasteiger partial charge is 0.356 e. The standard InChI is InChI=1S/C20H21BrN2O5/c1-5-10-8-12-15(21)18(26-4)17-14(16(12)22-10)11(19(24)27-6-2)9-13(23-17)20(25)28-7-3/h8-9,22H,5-7H2,1-4H3. The number of nitrogens with one attached hydrogen (secondary N) is 1. The molecule has 1 aromatic carbocycles. The predicted molar refractivity (Wildman–Crippen MR) is 109 cm³/mol. The van der Waals surface area contributed by atoms with Gasteiger partial charge in [-0.15, -0.1) is 0 Å². The van der Waals surface area contributed by atoms with Gasteiger partial charge < -0.3 is 19.2 Å². The Hall–Kier alpha value is -2.61. The molecular formula is C20H21BrN2O5. The van der Waals surface area contributed by atoms with Crippen molar-refractivity contribution in [3.05, 3.63) is 33.6 Å². The molecule has 8 heteroatoms. The molecule has 2 heterocycles. The summed E-state index contributed by atoms with van der Waals surface area (Å²) < 4.78 is 16.6. The molecule has 3 aromatic rings. The Bertz CT molecular complexity index is 1070. The lowest BCUT2D eigenvalue weighted by atomic mass is 10.0. The van der Waals surface area contributed by atoms with Crippen LogP contribution >= 0.6 is 15.9 Å². The van der Waals surface area contributed by atoms with Crippen LogP contribution in [0.25, 0.3) is 21.8 Å². The summed E-state index contributed by atoms with van der Waals surface area (Å²) in [4.78, 5) is 32.8. The summed E-state index contributed by atoms with van der Waals surface area (Å²) in [5.41, 5.74) is 2.35. The zero-order valence-electron chi connectivity index (χ0n) is 16.1. The van der Waals surface area contributed by atoms with Crippen LogP contribution < -0.4 is 4.74 Å². The molecule has 0 saturated heterocycles. The highest BCUT2D eigenvalue weighted by molar-refractivity contribution is 9.10. The number of ether oxygens (including phenoxy) is 3. The van der Waals surface area contributed by atoms with Crippen LogP contribution in [0.3, 0.4) is 0 Å². The molecule has 0 saturated carbocycles. The van der Waals surface area contributed by atoms with E-state index in [0.29, 0.717) is 21.1 Å². The number of methoxy groups -OCH3 is 1. The number of aromatic amines is 1. The summed E-state index contributed by atoms with van der Waals surface area (Å²) in [5.74, 6) is -0.728. The van der Waals surface area contributed by atoms with E-state index in [4.69, 9.17) is 14.2 Å². The average molecular weight is 449 g/mol. The Kier molecular flexibility index (Phi) is 5.88. The maximum absolute atomic E-state index is 12.7. The van der Waals surface area contributed by atoms with E-state index < -0.39 is 11.9 Å². The molecule has 2 aromatic heterocycles. The van der Waals surface area contributed by atoms with Gasteiger partial charge in [0.25, 0.3) is 0 Å². The van der Waals surface area contributed by atoms with E-state index in [9.17, 15) is 9.59 Å². The Morgan fingerprint density at radius 2 is 1.79 bits per heavy atom. The number of pyridine rings is 1. The fourth-order valence-electron chi connectivity index (χ4n) is 3.13. The molecule has 0 bridgehead atoms. The molecule has 0 aliphatic heterocycles. The van der Waals surface area contributed by atoms with Gasteiger partial charge in [-0.05, 0) is 48.3 Å². The van der Waals surface area contributed by atoms with Gasteiger partial charge in [-0.2, -0.15) is 0 Å². The number of aromatic nitrogens is 2. The summed E-state index contributed by atoms with van der Waals surface area (Å²) in [5, 5.41) is 1.40. The number of benzene rings is 1. The highest BCUT2D eigenvalue weighted by atomic mass is 79.9. The van der Waals surface area contributed by atoms with E-state index in [1.165, 1.54) is 13.2 Å². The Morgan fingerprint density at radius 1 is 1.11 bits per heavy atom. The topological polar surface area (TPSA) is 90.5 Å². The predicted octanol–water partition coefficient (Wildman–Crippen LogP) is 4.40. The second kappa shape index (κ2) is 8.18. The molecule has 0 amide bonds. The maximum Gasteiger partial charge on any atom is 0.356 e. The van der Waals surface area contributed by atoms with Crippen molar-refractivity contribution in [2.75, 3.05) is 20.3 Å². The lowest BCUT2D eigenvalue weighted by Crippen LogP contribution is -2.12. The van der Waals surface area contributed by atoms with Crippen LogP contribution in [0, 0.1) is 0 Å². The summed E-state index contributed by atoms with van der Waals surface area (Å²) in [6.07, 6.45) is 0.786. The lowest BCUT2D eigenvalue weighted by Gasteiger charge is -2.14. The molecule has 0 aliphatic rings. The Labute approximate surface area is 170 Å². The van der Waals surface area contributed by atoms with E-state index >= 15 is 0 Å². The van der Waals surface area contributed by atoms with Crippen molar-refractivity contribution in [3.8, 4) is 5.75 Å². The molecule has 0 aliphatic carbocycles. The largest absolute Gasteiger partial charge is 0.493 e. The highest BCUT2D eigenvalue weighted by Gasteiger charge is 2.25. The Morgan fingerprint density at radius 3 is 2.39 bits per heavy atom. The summed E-state index contributed by atoms with van der Waals surface area (Å²) in [6, 6.07) is 3.41. The molecule has 0 radical (unpaired) electrons. The first-order chi connectivity index (χ1) is 13.5. The number of halogens is 1. The lowest BCUT2D eigenvalue weighted by molar-refractivity contribution is 0.0519. The zero-order valence-corrected chi connectivity index (χ0v) is 17.7. The summed E-state index contributed by atoms with van der Waals surface area (Å²) in [7, 11) is 1.52. The number of hydrogen-bond acceptors (Lipinski definition) is 6. The van der Waals surface area contributed by atoms with Crippen LogP contribution in [0.15, 0.2) is 16.6 Å². The van der Waals surface area contributed by atoms with Gasteiger partial charge in [-0.3, -0.25) is 0 Å². The minimum absolute atomic E-state index is 0.0178. The second-order valence-electron chi connectivity index (χ2n) is 6.00. The van der Waals surface area contributed by atoms with Crippen LogP contribution in [0.4, 0.5) is 0 Å². The fraction of sp³-hybridized carbons (Fsp3) is 0.350. The van der Waals surface area contributed by atoms with Gasteiger partial charge in [0.2, 0.25) is 0 Å². The van der Waals surface area contributed by atoms with Crippen LogP contribution in [-0.4, -0.2) is 42.2 Å². The molecule has 0 fully saturated rings. The van der Waals surface area contributed by atoms with Crippen molar-refractivity contribution >= 4 is 49.7 Å². The van der Waals surface area contributed by atoms with Crippen molar-refractivity contribution in [1.29, 1.82) is 0 Å². The van der Waals surface area contributed by atoms with E-state index in [2.05, 4.69) is 25.9 Å². The summed E-state index contributed by atoms with van der Waals surface area (Å²) in [6.45, 7) is 5.87. The van der Waals surface area contributed by atoms with Crippen LogP contribution in [0.5, 0.6) is 5.75 Å². The number of carbonyl (C=O) groups excluding carboxylic acids is 2. The molecule has 3 rings (SSSR count). The quantitative estimate of drug-likeness (QED) is 0.561. The monoisotopic (exact) mass is 448 g/mol. The van der Waals surface area contributed by atoms with Crippen LogP contribution in [-0.2, 0) is 15.9 Å². The van der Waals surface area contributed by atoms with E-state index in [0.717, 1.165) is 23.0 Å². The first-order valence-electron chi connectivity index (χ1n) is 9.02. The van der Waals surface area contributed by atoms with Crippen molar-refractivity contribution in [3.63, 3.8) is 0 Å². The van der Waals surface area contributed by atoms with Gasteiger partial charge in [0.1, 0.15) is 11.2 Å². The molecule has 148 valence electrons. The van der Waals surface area contributed by atoms with Gasteiger partial charge in [-0.25, -0.2) is 14.6 Å². The molecular weight excluding hydrogens is 428 g/mol. The van der Waals surface area contributed by atoms with E-state index in [1.54, 1.807) is 13.8 Å². The van der Waals surface area contributed by atoms with E-state index in [-0.39, 0.29) is 24.5 Å². The fourth-order valence-corrected chi connectivity index (χ4v) is 3.79. The first-order valence-corrected chi connectivity index (χ1v) is 9.81. The normalized spacial score (nSPS) is 11.0. The minimum Gasteiger partial charge on any atom is -0.493 e. The molecule has 0 atom stereocenters. The van der Waals surface area contributed by atoms with Crippen molar-refractivity contribution in [1.82, 2.24) is 9.97 Å². The van der Waals surface area contributed by atoms with Gasteiger partial charge in [0.15, 0.2) is 5.75 Å². The third-order valence-electron chi connectivity index (χ3n) is 4.36. The average Bonchev–Trinajstić information content (AvgIpc) is 3.12. The number of rotatable bonds is 6. The molecule has 7 nitrogen and oxygen atoms in total. The van der Waals surface area contributed by atoms with Crippen molar-refractivity contribution in [2.24, 2.45) is 0 Å². The number of nitrogens with zero attached hydrogens (tertiary/aromatic N) is 1. The molecule has 0 unspecified atom stereocenters. The molecule has 1 N–H and O–H groups in total.